The number of pyridine rings is 1. The van der Waals surface area contributed by atoms with E-state index < -0.39 is 0 Å². The minimum atomic E-state index is 1.12. The van der Waals surface area contributed by atoms with Crippen molar-refractivity contribution in [3.8, 4) is 0 Å². The van der Waals surface area contributed by atoms with Crippen LogP contribution in [0.15, 0.2) is 30.6 Å². The van der Waals surface area contributed by atoms with Gasteiger partial charge in [-0.2, -0.15) is 11.8 Å². The van der Waals surface area contributed by atoms with Gasteiger partial charge in [-0.15, -0.1) is 0 Å². The van der Waals surface area contributed by atoms with Gasteiger partial charge in [-0.25, -0.2) is 4.57 Å². The molecule has 0 fully saturated rings. The lowest BCUT2D eigenvalue weighted by atomic mass is 10.5. The van der Waals surface area contributed by atoms with Gasteiger partial charge in [0.05, 0.1) is 5.75 Å². The third-order valence-corrected chi connectivity index (χ3v) is 2.35. The number of hydrogen-bond acceptors (Lipinski definition) is 1. The smallest absolute Gasteiger partial charge is 0.168 e. The van der Waals surface area contributed by atoms with Crippen LogP contribution in [0.2, 0.25) is 0 Å². The predicted molar refractivity (Wildman–Crippen MR) is 49.6 cm³/mol. The van der Waals surface area contributed by atoms with E-state index >= 15 is 0 Å². The molecule has 0 saturated carbocycles. The number of aromatic nitrogens is 1. The summed E-state index contributed by atoms with van der Waals surface area (Å²) in [6, 6.07) is 6.18. The van der Waals surface area contributed by atoms with Gasteiger partial charge in [0.25, 0.3) is 0 Å². The molecule has 1 aromatic heterocycles. The van der Waals surface area contributed by atoms with Gasteiger partial charge in [0.1, 0.15) is 0 Å². The van der Waals surface area contributed by atoms with Crippen molar-refractivity contribution in [2.24, 2.45) is 0 Å². The maximum Gasteiger partial charge on any atom is 0.168 e. The van der Waals surface area contributed by atoms with Gasteiger partial charge < -0.3 is 0 Å². The Kier molecular flexibility index (Phi) is 4.06. The van der Waals surface area contributed by atoms with Gasteiger partial charge >= 0.3 is 0 Å². The fourth-order valence-corrected chi connectivity index (χ4v) is 1.53. The maximum absolute atomic E-state index is 2.21. The molecule has 2 heteroatoms. The Hall–Kier alpha value is -0.500. The van der Waals surface area contributed by atoms with Crippen molar-refractivity contribution in [2.45, 2.75) is 13.5 Å². The number of rotatable bonds is 4. The second kappa shape index (κ2) is 5.19. The molecule has 0 aliphatic heterocycles. The van der Waals surface area contributed by atoms with Crippen LogP contribution in [0.5, 0.6) is 0 Å². The minimum Gasteiger partial charge on any atom is -0.204 e. The molecule has 1 rings (SSSR count). The Morgan fingerprint density at radius 3 is 2.55 bits per heavy atom. The standard InChI is InChI=1S/C9H14NS/c1-2-11-9-8-10-6-4-3-5-7-10/h3-7H,2,8-9H2,1H3/q+1. The topological polar surface area (TPSA) is 3.88 Å². The van der Waals surface area contributed by atoms with Crippen molar-refractivity contribution >= 4 is 11.8 Å². The van der Waals surface area contributed by atoms with Crippen LogP contribution in [0.4, 0.5) is 0 Å². The molecule has 60 valence electrons. The molecule has 11 heavy (non-hydrogen) atoms. The summed E-state index contributed by atoms with van der Waals surface area (Å²) < 4.78 is 2.21. The lowest BCUT2D eigenvalue weighted by Gasteiger charge is -1.93. The van der Waals surface area contributed by atoms with E-state index in [1.165, 1.54) is 11.5 Å². The van der Waals surface area contributed by atoms with E-state index in [1.807, 2.05) is 17.8 Å². The van der Waals surface area contributed by atoms with E-state index in [2.05, 4.69) is 36.0 Å². The molecule has 0 N–H and O–H groups in total. The average molecular weight is 168 g/mol. The summed E-state index contributed by atoms with van der Waals surface area (Å²) in [5.41, 5.74) is 0. The third kappa shape index (κ3) is 3.42. The van der Waals surface area contributed by atoms with Crippen LogP contribution >= 0.6 is 11.8 Å². The van der Waals surface area contributed by atoms with Crippen molar-refractivity contribution in [1.82, 2.24) is 0 Å². The Morgan fingerprint density at radius 2 is 1.91 bits per heavy atom. The van der Waals surface area contributed by atoms with Crippen LogP contribution in [0.1, 0.15) is 6.92 Å². The van der Waals surface area contributed by atoms with Gasteiger partial charge in [-0.1, -0.05) is 13.0 Å². The normalized spacial score (nSPS) is 9.91. The number of thioether (sulfide) groups is 1. The van der Waals surface area contributed by atoms with Crippen LogP contribution in [-0.4, -0.2) is 11.5 Å². The summed E-state index contributed by atoms with van der Waals surface area (Å²) in [4.78, 5) is 0. The van der Waals surface area contributed by atoms with Gasteiger partial charge in [0, 0.05) is 12.1 Å². The van der Waals surface area contributed by atoms with E-state index in [0.29, 0.717) is 0 Å². The third-order valence-electron chi connectivity index (χ3n) is 1.48. The molecule has 1 nitrogen and oxygen atoms in total. The van der Waals surface area contributed by atoms with Crippen LogP contribution in [0, 0.1) is 0 Å². The highest BCUT2D eigenvalue weighted by Gasteiger charge is 1.95. The predicted octanol–water partition coefficient (Wildman–Crippen LogP) is 1.73. The SMILES string of the molecule is CCSCC[n+]1ccccc1. The van der Waals surface area contributed by atoms with Crippen LogP contribution in [-0.2, 0) is 6.54 Å². The maximum atomic E-state index is 2.21. The lowest BCUT2D eigenvalue weighted by molar-refractivity contribution is -0.692. The molecular formula is C9H14NS+. The van der Waals surface area contributed by atoms with Crippen molar-refractivity contribution in [2.75, 3.05) is 11.5 Å². The summed E-state index contributed by atoms with van der Waals surface area (Å²) >= 11 is 1.98. The Morgan fingerprint density at radius 1 is 1.18 bits per heavy atom. The molecule has 0 atom stereocenters. The Balaban J connectivity index is 2.28. The van der Waals surface area contributed by atoms with E-state index in [9.17, 15) is 0 Å². The molecule has 0 amide bonds. The second-order valence-electron chi connectivity index (χ2n) is 2.31. The first-order valence-corrected chi connectivity index (χ1v) is 5.11. The molecule has 0 spiro atoms. The highest BCUT2D eigenvalue weighted by molar-refractivity contribution is 7.99. The largest absolute Gasteiger partial charge is 0.204 e. The molecule has 0 unspecified atom stereocenters. The van der Waals surface area contributed by atoms with E-state index in [1.54, 1.807) is 0 Å². The van der Waals surface area contributed by atoms with Crippen molar-refractivity contribution < 1.29 is 4.57 Å². The van der Waals surface area contributed by atoms with E-state index in [-0.39, 0.29) is 0 Å². The lowest BCUT2D eigenvalue weighted by Crippen LogP contribution is -2.33. The Labute approximate surface area is 72.4 Å². The molecule has 0 radical (unpaired) electrons. The second-order valence-corrected chi connectivity index (χ2v) is 3.70. The zero-order chi connectivity index (χ0) is 7.94. The van der Waals surface area contributed by atoms with Crippen molar-refractivity contribution in [3.63, 3.8) is 0 Å². The monoisotopic (exact) mass is 168 g/mol. The zero-order valence-electron chi connectivity index (χ0n) is 6.86. The first-order chi connectivity index (χ1) is 5.43. The fourth-order valence-electron chi connectivity index (χ4n) is 0.898. The highest BCUT2D eigenvalue weighted by atomic mass is 32.2. The summed E-state index contributed by atoms with van der Waals surface area (Å²) in [6.07, 6.45) is 4.21. The number of aryl methyl sites for hydroxylation is 1. The first-order valence-electron chi connectivity index (χ1n) is 3.95. The zero-order valence-corrected chi connectivity index (χ0v) is 7.68. The van der Waals surface area contributed by atoms with Gasteiger partial charge in [-0.3, -0.25) is 0 Å². The highest BCUT2D eigenvalue weighted by Crippen LogP contribution is 1.95. The van der Waals surface area contributed by atoms with Gasteiger partial charge in [-0.05, 0) is 5.75 Å². The fraction of sp³-hybridized carbons (Fsp3) is 0.444. The summed E-state index contributed by atoms with van der Waals surface area (Å²) in [5, 5.41) is 0. The summed E-state index contributed by atoms with van der Waals surface area (Å²) in [5.74, 6) is 2.43. The molecule has 0 aliphatic rings. The number of nitrogens with zero attached hydrogens (tertiary/aromatic N) is 1. The van der Waals surface area contributed by atoms with Crippen molar-refractivity contribution in [1.29, 1.82) is 0 Å². The molecule has 0 bridgehead atoms. The quantitative estimate of drug-likeness (QED) is 0.489. The van der Waals surface area contributed by atoms with Crippen LogP contribution in [0.25, 0.3) is 0 Å². The average Bonchev–Trinajstić information content (AvgIpc) is 2.07. The molecule has 0 aromatic carbocycles. The van der Waals surface area contributed by atoms with Crippen LogP contribution < -0.4 is 4.57 Å². The molecular weight excluding hydrogens is 154 g/mol. The van der Waals surface area contributed by atoms with Gasteiger partial charge in [0.15, 0.2) is 18.9 Å². The van der Waals surface area contributed by atoms with E-state index in [0.717, 1.165) is 6.54 Å². The molecule has 0 aliphatic carbocycles. The first kappa shape index (κ1) is 8.60. The Bertz CT molecular complexity index is 186. The summed E-state index contributed by atoms with van der Waals surface area (Å²) in [6.45, 7) is 3.32. The summed E-state index contributed by atoms with van der Waals surface area (Å²) in [7, 11) is 0. The molecule has 1 aromatic rings. The minimum absolute atomic E-state index is 1.12. The van der Waals surface area contributed by atoms with E-state index in [4.69, 9.17) is 0 Å². The van der Waals surface area contributed by atoms with Gasteiger partial charge in [0.2, 0.25) is 0 Å². The molecule has 0 saturated heterocycles. The van der Waals surface area contributed by atoms with Crippen molar-refractivity contribution in [3.05, 3.63) is 30.6 Å². The molecule has 1 heterocycles. The van der Waals surface area contributed by atoms with Crippen LogP contribution in [0.3, 0.4) is 0 Å². The number of hydrogen-bond donors (Lipinski definition) is 0.